The normalized spacial score (nSPS) is 11.0. The van der Waals surface area contributed by atoms with E-state index < -0.39 is 0 Å². The third-order valence-electron chi connectivity index (χ3n) is 3.04. The summed E-state index contributed by atoms with van der Waals surface area (Å²) in [6.45, 7) is 0. The summed E-state index contributed by atoms with van der Waals surface area (Å²) in [6.07, 6.45) is 3.04. The fraction of sp³-hybridized carbons (Fsp3) is 0.0667. The van der Waals surface area contributed by atoms with E-state index in [1.54, 1.807) is 0 Å². The number of fused-ring (bicyclic) bond motifs is 1. The fourth-order valence-electron chi connectivity index (χ4n) is 2.17. The van der Waals surface area contributed by atoms with Gasteiger partial charge >= 0.3 is 0 Å². The molecule has 0 aliphatic heterocycles. The van der Waals surface area contributed by atoms with E-state index in [-0.39, 0.29) is 0 Å². The molecule has 3 heteroatoms. The van der Waals surface area contributed by atoms with Gasteiger partial charge in [0.15, 0.2) is 0 Å². The van der Waals surface area contributed by atoms with E-state index in [0.29, 0.717) is 0 Å². The molecule has 0 bridgehead atoms. The Labute approximate surface area is 122 Å². The fourth-order valence-corrected chi connectivity index (χ4v) is 3.05. The summed E-state index contributed by atoms with van der Waals surface area (Å²) in [6, 6.07) is 14.7. The van der Waals surface area contributed by atoms with Crippen molar-refractivity contribution >= 4 is 42.8 Å². The first-order valence-electron chi connectivity index (χ1n) is 5.73. The molecule has 0 aliphatic carbocycles. The molecule has 1 N–H and O–H groups in total. The second-order valence-electron chi connectivity index (χ2n) is 4.28. The van der Waals surface area contributed by atoms with Gasteiger partial charge < -0.3 is 4.98 Å². The lowest BCUT2D eigenvalue weighted by molar-refractivity contribution is 1.20. The smallest absolute Gasteiger partial charge is 0.0468 e. The number of rotatable bonds is 2. The molecule has 18 heavy (non-hydrogen) atoms. The predicted molar refractivity (Wildman–Crippen MR) is 82.9 cm³/mol. The van der Waals surface area contributed by atoms with Crippen LogP contribution < -0.4 is 0 Å². The minimum Gasteiger partial charge on any atom is -0.361 e. The first-order chi connectivity index (χ1) is 8.74. The zero-order valence-electron chi connectivity index (χ0n) is 9.58. The summed E-state index contributed by atoms with van der Waals surface area (Å²) < 4.78 is 2.26. The quantitative estimate of drug-likeness (QED) is 0.636. The molecule has 2 aromatic carbocycles. The van der Waals surface area contributed by atoms with Gasteiger partial charge in [0.05, 0.1) is 0 Å². The second-order valence-corrected chi connectivity index (χ2v) is 6.05. The number of nitrogens with one attached hydrogen (secondary N) is 1. The van der Waals surface area contributed by atoms with Gasteiger partial charge in [0.25, 0.3) is 0 Å². The minimum atomic E-state index is 0.940. The van der Waals surface area contributed by atoms with Crippen LogP contribution in [0.15, 0.2) is 57.6 Å². The van der Waals surface area contributed by atoms with Crippen LogP contribution in [0.3, 0.4) is 0 Å². The third kappa shape index (κ3) is 2.25. The summed E-state index contributed by atoms with van der Waals surface area (Å²) in [5.74, 6) is 0. The van der Waals surface area contributed by atoms with Crippen LogP contribution >= 0.6 is 31.9 Å². The zero-order chi connectivity index (χ0) is 12.5. The molecule has 0 aliphatic rings. The van der Waals surface area contributed by atoms with E-state index >= 15 is 0 Å². The van der Waals surface area contributed by atoms with Crippen molar-refractivity contribution in [3.8, 4) is 0 Å². The zero-order valence-corrected chi connectivity index (χ0v) is 12.8. The molecule has 0 fully saturated rings. The Morgan fingerprint density at radius 2 is 1.72 bits per heavy atom. The van der Waals surface area contributed by atoms with Crippen molar-refractivity contribution in [3.05, 3.63) is 68.7 Å². The van der Waals surface area contributed by atoms with Gasteiger partial charge in [-0.25, -0.2) is 0 Å². The SMILES string of the molecule is Brc1ccc(Cc2c[nH]c3cccc(Br)c23)cc1. The lowest BCUT2D eigenvalue weighted by Gasteiger charge is -2.02. The van der Waals surface area contributed by atoms with E-state index in [0.717, 1.165) is 15.4 Å². The van der Waals surface area contributed by atoms with Crippen molar-refractivity contribution < 1.29 is 0 Å². The standard InChI is InChI=1S/C15H11Br2N/c16-12-6-4-10(5-7-12)8-11-9-18-14-3-1-2-13(17)15(11)14/h1-7,9,18H,8H2. The Morgan fingerprint density at radius 1 is 0.944 bits per heavy atom. The Kier molecular flexibility index (Phi) is 3.27. The molecule has 1 aromatic heterocycles. The Balaban J connectivity index is 2.02. The maximum Gasteiger partial charge on any atom is 0.0468 e. The molecule has 0 unspecified atom stereocenters. The Hall–Kier alpha value is -1.06. The molecule has 1 heterocycles. The number of aromatic nitrogens is 1. The molecule has 0 saturated carbocycles. The number of hydrogen-bond donors (Lipinski definition) is 1. The van der Waals surface area contributed by atoms with Gasteiger partial charge in [0, 0.05) is 26.0 Å². The summed E-state index contributed by atoms with van der Waals surface area (Å²) in [4.78, 5) is 3.32. The van der Waals surface area contributed by atoms with Crippen molar-refractivity contribution in [1.29, 1.82) is 0 Å². The van der Waals surface area contributed by atoms with Gasteiger partial charge in [0.1, 0.15) is 0 Å². The molecule has 3 rings (SSSR count). The average Bonchev–Trinajstić information content (AvgIpc) is 2.77. The highest BCUT2D eigenvalue weighted by Crippen LogP contribution is 2.28. The van der Waals surface area contributed by atoms with Crippen LogP contribution in [-0.2, 0) is 6.42 Å². The maximum atomic E-state index is 3.62. The molecular weight excluding hydrogens is 354 g/mol. The van der Waals surface area contributed by atoms with Crippen molar-refractivity contribution in [2.75, 3.05) is 0 Å². The van der Waals surface area contributed by atoms with Gasteiger partial charge in [-0.15, -0.1) is 0 Å². The molecule has 1 nitrogen and oxygen atoms in total. The molecule has 0 amide bonds. The van der Waals surface area contributed by atoms with Gasteiger partial charge in [0.2, 0.25) is 0 Å². The predicted octanol–water partition coefficient (Wildman–Crippen LogP) is 5.28. The Bertz CT molecular complexity index is 683. The van der Waals surface area contributed by atoms with Crippen LogP contribution in [-0.4, -0.2) is 4.98 Å². The highest BCUT2D eigenvalue weighted by molar-refractivity contribution is 9.11. The summed E-state index contributed by atoms with van der Waals surface area (Å²) >= 11 is 7.09. The van der Waals surface area contributed by atoms with Crippen molar-refractivity contribution in [1.82, 2.24) is 4.98 Å². The number of H-pyrrole nitrogens is 1. The lowest BCUT2D eigenvalue weighted by Crippen LogP contribution is -1.86. The van der Waals surface area contributed by atoms with Crippen molar-refractivity contribution in [2.24, 2.45) is 0 Å². The number of hydrogen-bond acceptors (Lipinski definition) is 0. The summed E-state index contributed by atoms with van der Waals surface area (Å²) in [5.41, 5.74) is 3.81. The van der Waals surface area contributed by atoms with Crippen molar-refractivity contribution in [2.45, 2.75) is 6.42 Å². The highest BCUT2D eigenvalue weighted by atomic mass is 79.9. The Morgan fingerprint density at radius 3 is 2.50 bits per heavy atom. The van der Waals surface area contributed by atoms with Gasteiger partial charge in [-0.3, -0.25) is 0 Å². The van der Waals surface area contributed by atoms with Gasteiger partial charge in [-0.2, -0.15) is 0 Å². The number of benzene rings is 2. The lowest BCUT2D eigenvalue weighted by atomic mass is 10.0. The molecule has 0 saturated heterocycles. The van der Waals surface area contributed by atoms with Crippen LogP contribution in [0.2, 0.25) is 0 Å². The number of halogens is 2. The average molecular weight is 365 g/mol. The number of aromatic amines is 1. The van der Waals surface area contributed by atoms with E-state index in [9.17, 15) is 0 Å². The first kappa shape index (κ1) is 12.0. The topological polar surface area (TPSA) is 15.8 Å². The molecule has 0 radical (unpaired) electrons. The van der Waals surface area contributed by atoms with Crippen molar-refractivity contribution in [3.63, 3.8) is 0 Å². The van der Waals surface area contributed by atoms with Crippen LogP contribution in [0.5, 0.6) is 0 Å². The molecule has 0 atom stereocenters. The van der Waals surface area contributed by atoms with Crippen LogP contribution in [0.25, 0.3) is 10.9 Å². The van der Waals surface area contributed by atoms with Crippen LogP contribution in [0.1, 0.15) is 11.1 Å². The van der Waals surface area contributed by atoms with Crippen LogP contribution in [0, 0.1) is 0 Å². The molecule has 90 valence electrons. The molecular formula is C15H11Br2N. The summed E-state index contributed by atoms with van der Waals surface area (Å²) in [7, 11) is 0. The first-order valence-corrected chi connectivity index (χ1v) is 7.31. The maximum absolute atomic E-state index is 3.62. The minimum absolute atomic E-state index is 0.940. The van der Waals surface area contributed by atoms with Gasteiger partial charge in [-0.1, -0.05) is 50.1 Å². The highest BCUT2D eigenvalue weighted by Gasteiger charge is 2.07. The largest absolute Gasteiger partial charge is 0.361 e. The van der Waals surface area contributed by atoms with E-state index in [2.05, 4.69) is 79.4 Å². The monoisotopic (exact) mass is 363 g/mol. The molecule has 3 aromatic rings. The van der Waals surface area contributed by atoms with Gasteiger partial charge in [-0.05, 0) is 41.8 Å². The molecule has 0 spiro atoms. The second kappa shape index (κ2) is 4.90. The van der Waals surface area contributed by atoms with Crippen LogP contribution in [0.4, 0.5) is 0 Å². The summed E-state index contributed by atoms with van der Waals surface area (Å²) in [5, 5.41) is 1.28. The third-order valence-corrected chi connectivity index (χ3v) is 4.23. The van der Waals surface area contributed by atoms with E-state index in [1.807, 2.05) is 6.07 Å². The van der Waals surface area contributed by atoms with E-state index in [1.165, 1.54) is 22.0 Å². The van der Waals surface area contributed by atoms with E-state index in [4.69, 9.17) is 0 Å².